The molecule has 1 saturated carbocycles. The van der Waals surface area contributed by atoms with E-state index in [2.05, 4.69) is 22.5 Å². The summed E-state index contributed by atoms with van der Waals surface area (Å²) in [6.07, 6.45) is 5.48. The first kappa shape index (κ1) is 20.6. The minimum absolute atomic E-state index is 0.348. The molecule has 1 aliphatic heterocycles. The second-order valence-electron chi connectivity index (χ2n) is 6.87. The Hall–Kier alpha value is -0.660. The minimum atomic E-state index is -0.679. The zero-order chi connectivity index (χ0) is 17.9. The Labute approximate surface area is 155 Å². The summed E-state index contributed by atoms with van der Waals surface area (Å²) in [5.41, 5.74) is 0. The summed E-state index contributed by atoms with van der Waals surface area (Å²) < 4.78 is 17.5. The lowest BCUT2D eigenvalue weighted by Gasteiger charge is -2.30. The Bertz CT molecular complexity index is 427. The van der Waals surface area contributed by atoms with Crippen LogP contribution in [-0.2, 0) is 15.5 Å². The maximum atomic E-state index is 12.1. The van der Waals surface area contributed by atoms with Gasteiger partial charge in [-0.15, -0.1) is 0 Å². The van der Waals surface area contributed by atoms with Gasteiger partial charge < -0.3 is 15.4 Å². The molecule has 0 bridgehead atoms. The average molecular weight is 373 g/mol. The van der Waals surface area contributed by atoms with E-state index in [-0.39, 0.29) is 0 Å². The predicted molar refractivity (Wildman–Crippen MR) is 106 cm³/mol. The molecule has 2 N–H and O–H groups in total. The normalized spacial score (nSPS) is 27.0. The molecule has 0 amide bonds. The van der Waals surface area contributed by atoms with E-state index >= 15 is 0 Å². The third-order valence-corrected chi connectivity index (χ3v) is 6.71. The molecule has 0 aromatic carbocycles. The van der Waals surface area contributed by atoms with Crippen LogP contribution in [0, 0.1) is 0 Å². The molecule has 1 aliphatic carbocycles. The van der Waals surface area contributed by atoms with Gasteiger partial charge in [-0.05, 0) is 32.6 Å². The number of rotatable bonds is 8. The lowest BCUT2D eigenvalue weighted by molar-refractivity contribution is 0.0377. The van der Waals surface area contributed by atoms with Crippen molar-refractivity contribution >= 4 is 16.8 Å². The molecule has 7 heteroatoms. The Morgan fingerprint density at radius 1 is 1.28 bits per heavy atom. The predicted octanol–water partition coefficient (Wildman–Crippen LogP) is 1.34. The van der Waals surface area contributed by atoms with Crippen molar-refractivity contribution in [2.24, 2.45) is 4.99 Å². The number of hydrogen-bond donors (Lipinski definition) is 2. The summed E-state index contributed by atoms with van der Waals surface area (Å²) in [5, 5.41) is 7.28. The molecule has 25 heavy (non-hydrogen) atoms. The SMILES string of the molecule is CCNC(=NCCCN1CCOCC1)NC1CCCC(S(=O)CC)C1. The second-order valence-corrected chi connectivity index (χ2v) is 8.87. The Kier molecular flexibility index (Phi) is 9.80. The van der Waals surface area contributed by atoms with E-state index in [1.807, 2.05) is 6.92 Å². The van der Waals surface area contributed by atoms with Crippen molar-refractivity contribution < 1.29 is 8.95 Å². The van der Waals surface area contributed by atoms with Gasteiger partial charge in [0.1, 0.15) is 0 Å². The fourth-order valence-corrected chi connectivity index (χ4v) is 4.92. The van der Waals surface area contributed by atoms with Crippen LogP contribution in [0.2, 0.25) is 0 Å². The van der Waals surface area contributed by atoms with Crippen LogP contribution in [0.3, 0.4) is 0 Å². The highest BCUT2D eigenvalue weighted by molar-refractivity contribution is 7.85. The fourth-order valence-electron chi connectivity index (χ4n) is 3.57. The molecular formula is C18H36N4O2S. The highest BCUT2D eigenvalue weighted by atomic mass is 32.2. The van der Waals surface area contributed by atoms with Gasteiger partial charge in [0.15, 0.2) is 5.96 Å². The van der Waals surface area contributed by atoms with Gasteiger partial charge in [-0.2, -0.15) is 0 Å². The topological polar surface area (TPSA) is 66.0 Å². The van der Waals surface area contributed by atoms with Crippen LogP contribution in [0.1, 0.15) is 46.0 Å². The van der Waals surface area contributed by atoms with Crippen LogP contribution in [0.25, 0.3) is 0 Å². The molecule has 3 unspecified atom stereocenters. The van der Waals surface area contributed by atoms with Crippen molar-refractivity contribution in [1.82, 2.24) is 15.5 Å². The monoisotopic (exact) mass is 372 g/mol. The number of nitrogens with one attached hydrogen (secondary N) is 2. The number of aliphatic imine (C=N–C) groups is 1. The zero-order valence-electron chi connectivity index (χ0n) is 16.0. The molecule has 6 nitrogen and oxygen atoms in total. The van der Waals surface area contributed by atoms with Crippen molar-refractivity contribution in [2.75, 3.05) is 51.7 Å². The Morgan fingerprint density at radius 3 is 2.80 bits per heavy atom. The standard InChI is InChI=1S/C18H36N4O2S/c1-3-19-18(20-9-6-10-22-11-13-24-14-12-22)21-16-7-5-8-17(15-16)25(23)4-2/h16-17H,3-15H2,1-2H3,(H2,19,20,21). The number of guanidine groups is 1. The molecule has 1 heterocycles. The van der Waals surface area contributed by atoms with Gasteiger partial charge in [-0.3, -0.25) is 14.1 Å². The number of hydrogen-bond acceptors (Lipinski definition) is 4. The summed E-state index contributed by atoms with van der Waals surface area (Å²) >= 11 is 0. The number of morpholine rings is 1. The quantitative estimate of drug-likeness (QED) is 0.382. The van der Waals surface area contributed by atoms with Crippen LogP contribution in [0.5, 0.6) is 0 Å². The van der Waals surface area contributed by atoms with Gasteiger partial charge >= 0.3 is 0 Å². The highest BCUT2D eigenvalue weighted by Gasteiger charge is 2.26. The molecule has 0 spiro atoms. The maximum Gasteiger partial charge on any atom is 0.191 e. The fraction of sp³-hybridized carbons (Fsp3) is 0.944. The van der Waals surface area contributed by atoms with Crippen LogP contribution in [-0.4, -0.2) is 78.1 Å². The van der Waals surface area contributed by atoms with Crippen LogP contribution in [0.4, 0.5) is 0 Å². The molecular weight excluding hydrogens is 336 g/mol. The Balaban J connectivity index is 1.75. The molecule has 0 aromatic rings. The third kappa shape index (κ3) is 7.62. The van der Waals surface area contributed by atoms with Crippen LogP contribution < -0.4 is 10.6 Å². The van der Waals surface area contributed by atoms with Crippen LogP contribution >= 0.6 is 0 Å². The average Bonchev–Trinajstić information content (AvgIpc) is 2.65. The first-order valence-corrected chi connectivity index (χ1v) is 11.3. The molecule has 0 radical (unpaired) electrons. The van der Waals surface area contributed by atoms with Crippen molar-refractivity contribution in [1.29, 1.82) is 0 Å². The summed E-state index contributed by atoms with van der Waals surface area (Å²) in [7, 11) is -0.679. The second kappa shape index (κ2) is 11.9. The smallest absolute Gasteiger partial charge is 0.191 e. The number of ether oxygens (including phenoxy) is 1. The molecule has 1 saturated heterocycles. The highest BCUT2D eigenvalue weighted by Crippen LogP contribution is 2.22. The zero-order valence-corrected chi connectivity index (χ0v) is 16.8. The largest absolute Gasteiger partial charge is 0.379 e. The number of nitrogens with zero attached hydrogens (tertiary/aromatic N) is 2. The van der Waals surface area contributed by atoms with Gasteiger partial charge in [0.2, 0.25) is 0 Å². The van der Waals surface area contributed by atoms with Gasteiger partial charge in [0.25, 0.3) is 0 Å². The summed E-state index contributed by atoms with van der Waals surface area (Å²) in [6.45, 7) is 10.7. The van der Waals surface area contributed by atoms with Crippen molar-refractivity contribution in [3.05, 3.63) is 0 Å². The van der Waals surface area contributed by atoms with Crippen LogP contribution in [0.15, 0.2) is 4.99 Å². The van der Waals surface area contributed by atoms with Crippen molar-refractivity contribution in [3.8, 4) is 0 Å². The molecule has 146 valence electrons. The molecule has 3 atom stereocenters. The summed E-state index contributed by atoms with van der Waals surface area (Å²) in [5.74, 6) is 1.69. The van der Waals surface area contributed by atoms with E-state index in [9.17, 15) is 4.21 Å². The third-order valence-electron chi connectivity index (χ3n) is 4.97. The van der Waals surface area contributed by atoms with Gasteiger partial charge in [-0.25, -0.2) is 0 Å². The summed E-state index contributed by atoms with van der Waals surface area (Å²) in [6, 6.07) is 0.395. The van der Waals surface area contributed by atoms with E-state index in [4.69, 9.17) is 9.73 Å². The van der Waals surface area contributed by atoms with Gasteiger partial charge in [-0.1, -0.05) is 13.3 Å². The molecule has 2 rings (SSSR count). The molecule has 2 fully saturated rings. The van der Waals surface area contributed by atoms with E-state index in [0.29, 0.717) is 11.3 Å². The molecule has 0 aromatic heterocycles. The van der Waals surface area contributed by atoms with E-state index in [1.165, 1.54) is 0 Å². The first-order valence-electron chi connectivity index (χ1n) is 9.95. The maximum absolute atomic E-state index is 12.1. The minimum Gasteiger partial charge on any atom is -0.379 e. The first-order chi connectivity index (χ1) is 12.2. The lowest BCUT2D eigenvalue weighted by Crippen LogP contribution is -2.46. The summed E-state index contributed by atoms with van der Waals surface area (Å²) in [4.78, 5) is 7.19. The van der Waals surface area contributed by atoms with Crippen molar-refractivity contribution in [3.63, 3.8) is 0 Å². The van der Waals surface area contributed by atoms with Gasteiger partial charge in [0, 0.05) is 60.6 Å². The van der Waals surface area contributed by atoms with E-state index in [1.54, 1.807) is 0 Å². The Morgan fingerprint density at radius 2 is 2.08 bits per heavy atom. The lowest BCUT2D eigenvalue weighted by atomic mass is 9.95. The van der Waals surface area contributed by atoms with Gasteiger partial charge in [0.05, 0.1) is 13.2 Å². The molecule has 2 aliphatic rings. The van der Waals surface area contributed by atoms with E-state index in [0.717, 1.165) is 89.8 Å². The van der Waals surface area contributed by atoms with E-state index < -0.39 is 10.8 Å². The van der Waals surface area contributed by atoms with Crippen molar-refractivity contribution in [2.45, 2.75) is 57.2 Å².